The molecule has 0 saturated heterocycles. The number of aromatic nitrogens is 1. The predicted molar refractivity (Wildman–Crippen MR) is 94.9 cm³/mol. The Morgan fingerprint density at radius 2 is 2.12 bits per heavy atom. The molecule has 2 aromatic heterocycles. The van der Waals surface area contributed by atoms with Gasteiger partial charge in [-0.05, 0) is 36.6 Å². The van der Waals surface area contributed by atoms with Crippen molar-refractivity contribution in [3.63, 3.8) is 0 Å². The topological polar surface area (TPSA) is 72.2 Å². The zero-order valence-corrected chi connectivity index (χ0v) is 15.2. The van der Waals surface area contributed by atoms with Gasteiger partial charge in [0, 0.05) is 18.0 Å². The Labute approximate surface area is 149 Å². The van der Waals surface area contributed by atoms with Gasteiger partial charge in [-0.15, -0.1) is 11.3 Å². The van der Waals surface area contributed by atoms with Crippen molar-refractivity contribution in [2.75, 3.05) is 6.54 Å². The summed E-state index contributed by atoms with van der Waals surface area (Å²) in [6.07, 6.45) is 0.445. The maximum absolute atomic E-state index is 12.2. The van der Waals surface area contributed by atoms with Crippen molar-refractivity contribution >= 4 is 33.0 Å². The highest BCUT2D eigenvalue weighted by molar-refractivity contribution is 7.89. The van der Waals surface area contributed by atoms with Crippen LogP contribution in [0.3, 0.4) is 0 Å². The standard InChI is InChI=1S/C16H15ClN2O3S2/c1-11-14(19-16(22-11)15-6-3-9-23-15)7-8-18-24(20,21)13-5-2-4-12(17)10-13/h2-6,9-10,18H,7-8H2,1H3. The lowest BCUT2D eigenvalue weighted by Gasteiger charge is -2.06. The lowest BCUT2D eigenvalue weighted by molar-refractivity contribution is 0.539. The maximum Gasteiger partial charge on any atom is 0.240 e. The van der Waals surface area contributed by atoms with Gasteiger partial charge in [-0.2, -0.15) is 0 Å². The lowest BCUT2D eigenvalue weighted by atomic mass is 10.3. The SMILES string of the molecule is Cc1oc(-c2cccs2)nc1CCNS(=O)(=O)c1cccc(Cl)c1. The molecule has 0 spiro atoms. The number of hydrogen-bond acceptors (Lipinski definition) is 5. The van der Waals surface area contributed by atoms with E-state index in [-0.39, 0.29) is 11.4 Å². The number of thiophene rings is 1. The fraction of sp³-hybridized carbons (Fsp3) is 0.188. The first-order valence-electron chi connectivity index (χ1n) is 7.21. The van der Waals surface area contributed by atoms with Gasteiger partial charge >= 0.3 is 0 Å². The van der Waals surface area contributed by atoms with Crippen LogP contribution >= 0.6 is 22.9 Å². The summed E-state index contributed by atoms with van der Waals surface area (Å²) in [7, 11) is -3.59. The molecule has 24 heavy (non-hydrogen) atoms. The molecule has 0 aliphatic rings. The highest BCUT2D eigenvalue weighted by Gasteiger charge is 2.16. The molecule has 3 aromatic rings. The first-order chi connectivity index (χ1) is 11.5. The average Bonchev–Trinajstić information content (AvgIpc) is 3.17. The van der Waals surface area contributed by atoms with E-state index in [0.717, 1.165) is 10.6 Å². The van der Waals surface area contributed by atoms with Crippen molar-refractivity contribution < 1.29 is 12.8 Å². The zero-order valence-electron chi connectivity index (χ0n) is 12.8. The van der Waals surface area contributed by atoms with E-state index in [1.54, 1.807) is 23.5 Å². The van der Waals surface area contributed by atoms with E-state index in [4.69, 9.17) is 16.0 Å². The molecule has 0 saturated carbocycles. The number of nitrogens with zero attached hydrogens (tertiary/aromatic N) is 1. The van der Waals surface area contributed by atoms with Gasteiger partial charge in [0.1, 0.15) is 5.76 Å². The zero-order chi connectivity index (χ0) is 17.2. The molecule has 1 aromatic carbocycles. The van der Waals surface area contributed by atoms with Crippen LogP contribution in [0, 0.1) is 6.92 Å². The van der Waals surface area contributed by atoms with Crippen molar-refractivity contribution in [3.05, 3.63) is 58.3 Å². The number of nitrogens with one attached hydrogen (secondary N) is 1. The van der Waals surface area contributed by atoms with E-state index in [0.29, 0.717) is 23.1 Å². The fourth-order valence-electron chi connectivity index (χ4n) is 2.19. The van der Waals surface area contributed by atoms with E-state index >= 15 is 0 Å². The number of benzene rings is 1. The molecule has 5 nitrogen and oxygen atoms in total. The van der Waals surface area contributed by atoms with Crippen molar-refractivity contribution in [2.24, 2.45) is 0 Å². The van der Waals surface area contributed by atoms with Crippen LogP contribution in [-0.4, -0.2) is 19.9 Å². The summed E-state index contributed by atoms with van der Waals surface area (Å²) >= 11 is 7.38. The molecular formula is C16H15ClN2O3S2. The summed E-state index contributed by atoms with van der Waals surface area (Å²) in [4.78, 5) is 5.54. The van der Waals surface area contributed by atoms with Crippen LogP contribution < -0.4 is 4.72 Å². The number of aryl methyl sites for hydroxylation is 1. The van der Waals surface area contributed by atoms with Crippen molar-refractivity contribution in [3.8, 4) is 10.8 Å². The highest BCUT2D eigenvalue weighted by atomic mass is 35.5. The average molecular weight is 383 g/mol. The van der Waals surface area contributed by atoms with E-state index < -0.39 is 10.0 Å². The van der Waals surface area contributed by atoms with Crippen LogP contribution in [0.25, 0.3) is 10.8 Å². The van der Waals surface area contributed by atoms with Gasteiger partial charge in [0.2, 0.25) is 15.9 Å². The molecule has 0 bridgehead atoms. The van der Waals surface area contributed by atoms with Gasteiger partial charge in [0.25, 0.3) is 0 Å². The fourth-order valence-corrected chi connectivity index (χ4v) is 4.17. The van der Waals surface area contributed by atoms with Gasteiger partial charge in [-0.25, -0.2) is 18.1 Å². The molecule has 0 amide bonds. The van der Waals surface area contributed by atoms with Crippen LogP contribution in [0.5, 0.6) is 0 Å². The number of hydrogen-bond donors (Lipinski definition) is 1. The Morgan fingerprint density at radius 3 is 2.83 bits per heavy atom. The molecule has 3 rings (SSSR count). The molecule has 2 heterocycles. The summed E-state index contributed by atoms with van der Waals surface area (Å²) in [5.74, 6) is 1.26. The molecule has 0 radical (unpaired) electrons. The summed E-state index contributed by atoms with van der Waals surface area (Å²) in [5.41, 5.74) is 0.743. The van der Waals surface area contributed by atoms with Gasteiger partial charge in [0.05, 0.1) is 15.5 Å². The third kappa shape index (κ3) is 3.87. The second kappa shape index (κ2) is 7.06. The molecule has 8 heteroatoms. The van der Waals surface area contributed by atoms with E-state index in [1.165, 1.54) is 12.1 Å². The van der Waals surface area contributed by atoms with Crippen LogP contribution in [-0.2, 0) is 16.4 Å². The molecule has 0 atom stereocenters. The van der Waals surface area contributed by atoms with Crippen LogP contribution in [0.1, 0.15) is 11.5 Å². The first kappa shape index (κ1) is 17.2. The smallest absolute Gasteiger partial charge is 0.240 e. The summed E-state index contributed by atoms with van der Waals surface area (Å²) in [6, 6.07) is 10.0. The van der Waals surface area contributed by atoms with Crippen molar-refractivity contribution in [1.82, 2.24) is 9.71 Å². The lowest BCUT2D eigenvalue weighted by Crippen LogP contribution is -2.26. The van der Waals surface area contributed by atoms with Crippen LogP contribution in [0.2, 0.25) is 5.02 Å². The van der Waals surface area contributed by atoms with Crippen molar-refractivity contribution in [2.45, 2.75) is 18.2 Å². The number of rotatable bonds is 6. The minimum atomic E-state index is -3.59. The highest BCUT2D eigenvalue weighted by Crippen LogP contribution is 2.26. The molecule has 0 unspecified atom stereocenters. The minimum absolute atomic E-state index is 0.145. The van der Waals surface area contributed by atoms with E-state index in [1.807, 2.05) is 24.4 Å². The molecule has 0 aliphatic carbocycles. The third-order valence-electron chi connectivity index (χ3n) is 3.38. The van der Waals surface area contributed by atoms with E-state index in [2.05, 4.69) is 9.71 Å². The summed E-state index contributed by atoms with van der Waals surface area (Å²) in [6.45, 7) is 2.05. The van der Waals surface area contributed by atoms with Gasteiger partial charge < -0.3 is 4.42 Å². The molecule has 1 N–H and O–H groups in total. The number of oxazole rings is 1. The van der Waals surface area contributed by atoms with Crippen LogP contribution in [0.4, 0.5) is 0 Å². The summed E-state index contributed by atoms with van der Waals surface area (Å²) in [5, 5.41) is 2.33. The Hall–Kier alpha value is -1.67. The normalized spacial score (nSPS) is 11.8. The van der Waals surface area contributed by atoms with Gasteiger partial charge in [-0.3, -0.25) is 0 Å². The minimum Gasteiger partial charge on any atom is -0.440 e. The Bertz CT molecular complexity index is 934. The Kier molecular flexibility index (Phi) is 5.05. The van der Waals surface area contributed by atoms with Gasteiger partial charge in [-0.1, -0.05) is 23.7 Å². The second-order valence-corrected chi connectivity index (χ2v) is 8.26. The summed E-state index contributed by atoms with van der Waals surface area (Å²) < 4.78 is 32.7. The monoisotopic (exact) mass is 382 g/mol. The van der Waals surface area contributed by atoms with Crippen molar-refractivity contribution in [1.29, 1.82) is 0 Å². The predicted octanol–water partition coefficient (Wildman–Crippen LogP) is 3.89. The van der Waals surface area contributed by atoms with Gasteiger partial charge in [0.15, 0.2) is 0 Å². The molecular weight excluding hydrogens is 368 g/mol. The number of halogens is 1. The molecule has 126 valence electrons. The Morgan fingerprint density at radius 1 is 1.29 bits per heavy atom. The largest absolute Gasteiger partial charge is 0.440 e. The van der Waals surface area contributed by atoms with Crippen LogP contribution in [0.15, 0.2) is 51.1 Å². The third-order valence-corrected chi connectivity index (χ3v) is 5.94. The first-order valence-corrected chi connectivity index (χ1v) is 9.95. The quantitative estimate of drug-likeness (QED) is 0.702. The molecule has 0 aliphatic heterocycles. The molecule has 0 fully saturated rings. The Balaban J connectivity index is 1.66. The maximum atomic E-state index is 12.2. The van der Waals surface area contributed by atoms with E-state index in [9.17, 15) is 8.42 Å². The number of sulfonamides is 1. The second-order valence-electron chi connectivity index (χ2n) is 5.10.